The van der Waals surface area contributed by atoms with Gasteiger partial charge in [0.05, 0.1) is 14.2 Å². The molecule has 0 unspecified atom stereocenters. The van der Waals surface area contributed by atoms with E-state index in [9.17, 15) is 4.79 Å². The van der Waals surface area contributed by atoms with Crippen molar-refractivity contribution in [3.05, 3.63) is 59.2 Å². The Morgan fingerprint density at radius 2 is 1.85 bits per heavy atom. The third kappa shape index (κ3) is 4.45. The second-order valence-corrected chi connectivity index (χ2v) is 6.58. The van der Waals surface area contributed by atoms with E-state index in [0.29, 0.717) is 17.4 Å². The highest BCUT2D eigenvalue weighted by Crippen LogP contribution is 2.31. The number of nitrogens with one attached hydrogen (secondary N) is 1. The molecule has 0 aromatic heterocycles. The summed E-state index contributed by atoms with van der Waals surface area (Å²) < 4.78 is 10.6. The van der Waals surface area contributed by atoms with E-state index >= 15 is 0 Å². The first-order chi connectivity index (χ1) is 12.4. The fourth-order valence-electron chi connectivity index (χ4n) is 2.90. The van der Waals surface area contributed by atoms with Gasteiger partial charge >= 0.3 is 0 Å². The van der Waals surface area contributed by atoms with Gasteiger partial charge in [-0.3, -0.25) is 4.79 Å². The quantitative estimate of drug-likeness (QED) is 0.728. The van der Waals surface area contributed by atoms with Gasteiger partial charge in [-0.25, -0.2) is 0 Å². The molecule has 2 rings (SSSR count). The molecular formula is C22H27NO3. The number of anilines is 1. The van der Waals surface area contributed by atoms with E-state index in [-0.39, 0.29) is 5.91 Å². The van der Waals surface area contributed by atoms with Crippen molar-refractivity contribution in [1.82, 2.24) is 0 Å². The van der Waals surface area contributed by atoms with Crippen LogP contribution in [0.4, 0.5) is 5.69 Å². The molecular weight excluding hydrogens is 326 g/mol. The molecule has 0 aliphatic carbocycles. The predicted molar refractivity (Wildman–Crippen MR) is 107 cm³/mol. The van der Waals surface area contributed by atoms with Crippen molar-refractivity contribution in [2.24, 2.45) is 0 Å². The maximum absolute atomic E-state index is 12.6. The normalized spacial score (nSPS) is 11.4. The molecule has 0 fully saturated rings. The molecule has 0 atom stereocenters. The Bertz CT molecular complexity index is 822. The van der Waals surface area contributed by atoms with E-state index in [1.807, 2.05) is 44.2 Å². The number of benzene rings is 2. The van der Waals surface area contributed by atoms with Crippen molar-refractivity contribution in [1.29, 1.82) is 0 Å². The second-order valence-electron chi connectivity index (χ2n) is 6.58. The number of aryl methyl sites for hydroxylation is 1. The largest absolute Gasteiger partial charge is 0.497 e. The zero-order chi connectivity index (χ0) is 19.3. The van der Waals surface area contributed by atoms with Gasteiger partial charge in [-0.15, -0.1) is 0 Å². The Balaban J connectivity index is 2.30. The lowest BCUT2D eigenvalue weighted by molar-refractivity contribution is -0.111. The zero-order valence-electron chi connectivity index (χ0n) is 16.3. The van der Waals surface area contributed by atoms with Crippen LogP contribution in [-0.4, -0.2) is 20.1 Å². The third-order valence-electron chi connectivity index (χ3n) is 4.36. The first-order valence-corrected chi connectivity index (χ1v) is 8.68. The first kappa shape index (κ1) is 19.6. The SMILES string of the molecule is COc1ccc(/C(C)=C/C(=O)Nc2c(C)cccc2C(C)C)c(OC)c1. The minimum atomic E-state index is -0.156. The maximum Gasteiger partial charge on any atom is 0.248 e. The first-order valence-electron chi connectivity index (χ1n) is 8.68. The predicted octanol–water partition coefficient (Wildman–Crippen LogP) is 5.18. The summed E-state index contributed by atoms with van der Waals surface area (Å²) in [7, 11) is 3.22. The number of ether oxygens (including phenoxy) is 2. The Labute approximate surface area is 155 Å². The molecule has 2 aromatic rings. The number of rotatable bonds is 6. The second kappa shape index (κ2) is 8.56. The Morgan fingerprint density at radius 1 is 1.12 bits per heavy atom. The van der Waals surface area contributed by atoms with Gasteiger partial charge in [0.15, 0.2) is 0 Å². The van der Waals surface area contributed by atoms with E-state index in [1.165, 1.54) is 0 Å². The van der Waals surface area contributed by atoms with E-state index in [2.05, 4.69) is 25.2 Å². The van der Waals surface area contributed by atoms with E-state index < -0.39 is 0 Å². The van der Waals surface area contributed by atoms with Gasteiger partial charge in [-0.2, -0.15) is 0 Å². The van der Waals surface area contributed by atoms with Crippen LogP contribution in [0.1, 0.15) is 43.4 Å². The molecule has 138 valence electrons. The number of methoxy groups -OCH3 is 2. The molecule has 2 aromatic carbocycles. The highest BCUT2D eigenvalue weighted by atomic mass is 16.5. The van der Waals surface area contributed by atoms with Crippen molar-refractivity contribution < 1.29 is 14.3 Å². The van der Waals surface area contributed by atoms with Gasteiger partial charge in [0.2, 0.25) is 5.91 Å². The summed E-state index contributed by atoms with van der Waals surface area (Å²) in [6, 6.07) is 11.6. The van der Waals surface area contributed by atoms with Crippen LogP contribution in [0.5, 0.6) is 11.5 Å². The lowest BCUT2D eigenvalue weighted by atomic mass is 9.98. The third-order valence-corrected chi connectivity index (χ3v) is 4.36. The van der Waals surface area contributed by atoms with Gasteiger partial charge in [-0.1, -0.05) is 32.0 Å². The van der Waals surface area contributed by atoms with Crippen LogP contribution in [-0.2, 0) is 4.79 Å². The van der Waals surface area contributed by atoms with Gasteiger partial charge in [0.1, 0.15) is 11.5 Å². The highest BCUT2D eigenvalue weighted by Gasteiger charge is 2.12. The van der Waals surface area contributed by atoms with Crippen LogP contribution in [0.3, 0.4) is 0 Å². The molecule has 4 heteroatoms. The van der Waals surface area contributed by atoms with Crippen molar-refractivity contribution in [2.75, 3.05) is 19.5 Å². The molecule has 0 saturated carbocycles. The minimum absolute atomic E-state index is 0.156. The Hall–Kier alpha value is -2.75. The molecule has 26 heavy (non-hydrogen) atoms. The van der Waals surface area contributed by atoms with Crippen molar-refractivity contribution in [3.8, 4) is 11.5 Å². The molecule has 0 spiro atoms. The monoisotopic (exact) mass is 353 g/mol. The van der Waals surface area contributed by atoms with Gasteiger partial charge in [-0.05, 0) is 48.6 Å². The number of hydrogen-bond donors (Lipinski definition) is 1. The number of allylic oxidation sites excluding steroid dienone is 1. The van der Waals surface area contributed by atoms with Crippen LogP contribution >= 0.6 is 0 Å². The smallest absolute Gasteiger partial charge is 0.248 e. The maximum atomic E-state index is 12.6. The van der Waals surface area contributed by atoms with Crippen LogP contribution in [0.25, 0.3) is 5.57 Å². The summed E-state index contributed by atoms with van der Waals surface area (Å²) >= 11 is 0. The average Bonchev–Trinajstić information content (AvgIpc) is 2.62. The molecule has 1 N–H and O–H groups in total. The minimum Gasteiger partial charge on any atom is -0.497 e. The van der Waals surface area contributed by atoms with Crippen LogP contribution in [0, 0.1) is 6.92 Å². The number of amides is 1. The lowest BCUT2D eigenvalue weighted by Crippen LogP contribution is -2.12. The Kier molecular flexibility index (Phi) is 6.45. The van der Waals surface area contributed by atoms with Crippen LogP contribution in [0.15, 0.2) is 42.5 Å². The molecule has 0 saturated heterocycles. The summed E-state index contributed by atoms with van der Waals surface area (Å²) in [6.45, 7) is 8.14. The average molecular weight is 353 g/mol. The van der Waals surface area contributed by atoms with E-state index in [4.69, 9.17) is 9.47 Å². The molecule has 4 nitrogen and oxygen atoms in total. The standard InChI is InChI=1S/C22H27NO3/c1-14(2)18-9-7-8-15(3)22(18)23-21(24)12-16(4)19-11-10-17(25-5)13-20(19)26-6/h7-14H,1-6H3,(H,23,24)/b16-12+. The van der Waals surface area contributed by atoms with Crippen LogP contribution < -0.4 is 14.8 Å². The van der Waals surface area contributed by atoms with E-state index in [0.717, 1.165) is 28.0 Å². The topological polar surface area (TPSA) is 47.6 Å². The Morgan fingerprint density at radius 3 is 2.46 bits per heavy atom. The van der Waals surface area contributed by atoms with Crippen molar-refractivity contribution >= 4 is 17.2 Å². The number of hydrogen-bond acceptors (Lipinski definition) is 3. The summed E-state index contributed by atoms with van der Waals surface area (Å²) in [5.74, 6) is 1.56. The van der Waals surface area contributed by atoms with Gasteiger partial charge < -0.3 is 14.8 Å². The summed E-state index contributed by atoms with van der Waals surface area (Å²) in [5, 5.41) is 3.04. The van der Waals surface area contributed by atoms with E-state index in [1.54, 1.807) is 20.3 Å². The van der Waals surface area contributed by atoms with Gasteiger partial charge in [0.25, 0.3) is 0 Å². The molecule has 0 bridgehead atoms. The summed E-state index contributed by atoms with van der Waals surface area (Å²) in [4.78, 5) is 12.6. The highest BCUT2D eigenvalue weighted by molar-refractivity contribution is 6.05. The summed E-state index contributed by atoms with van der Waals surface area (Å²) in [6.07, 6.45) is 1.60. The number of carbonyl (C=O) groups is 1. The van der Waals surface area contributed by atoms with Crippen molar-refractivity contribution in [2.45, 2.75) is 33.6 Å². The fourth-order valence-corrected chi connectivity index (χ4v) is 2.90. The summed E-state index contributed by atoms with van der Waals surface area (Å²) in [5.41, 5.74) is 4.75. The number of carbonyl (C=O) groups excluding carboxylic acids is 1. The zero-order valence-corrected chi connectivity index (χ0v) is 16.3. The van der Waals surface area contributed by atoms with Gasteiger partial charge in [0, 0.05) is 23.4 Å². The number of para-hydroxylation sites is 1. The lowest BCUT2D eigenvalue weighted by Gasteiger charge is -2.16. The molecule has 0 heterocycles. The van der Waals surface area contributed by atoms with Crippen LogP contribution in [0.2, 0.25) is 0 Å². The van der Waals surface area contributed by atoms with Crippen molar-refractivity contribution in [3.63, 3.8) is 0 Å². The molecule has 0 aliphatic rings. The molecule has 0 radical (unpaired) electrons. The molecule has 1 amide bonds. The fraction of sp³-hybridized carbons (Fsp3) is 0.318. The molecule has 0 aliphatic heterocycles.